The van der Waals surface area contributed by atoms with Gasteiger partial charge in [0.1, 0.15) is 5.75 Å². The topological polar surface area (TPSA) is 102 Å². The smallest absolute Gasteiger partial charge is 0.241 e. The molecule has 1 heterocycles. The molecule has 0 amide bonds. The maximum Gasteiger partial charge on any atom is 0.241 e. The van der Waals surface area contributed by atoms with E-state index in [0.717, 1.165) is 4.31 Å². The molecule has 2 rings (SSSR count). The molecule has 1 aromatic rings. The van der Waals surface area contributed by atoms with Crippen molar-refractivity contribution in [2.45, 2.75) is 10.9 Å². The lowest BCUT2D eigenvalue weighted by Crippen LogP contribution is -2.43. The van der Waals surface area contributed by atoms with Crippen molar-refractivity contribution < 1.29 is 26.3 Å². The lowest BCUT2D eigenvalue weighted by Gasteiger charge is -2.21. The van der Waals surface area contributed by atoms with E-state index < -0.39 is 32.0 Å². The Morgan fingerprint density at radius 2 is 1.96 bits per heavy atom. The molecule has 1 N–H and O–H groups in total. The summed E-state index contributed by atoms with van der Waals surface area (Å²) in [5.74, 6) is -0.198. The predicted molar refractivity (Wildman–Crippen MR) is 88.9 cm³/mol. The Kier molecular flexibility index (Phi) is 5.87. The molecule has 1 aromatic carbocycles. The number of ether oxygens (including phenoxy) is 2. The zero-order valence-electron chi connectivity index (χ0n) is 13.8. The molecular formula is C14H22N2O6S2. The quantitative estimate of drug-likeness (QED) is 0.710. The molecule has 0 aliphatic carbocycles. The van der Waals surface area contributed by atoms with Crippen molar-refractivity contribution >= 4 is 20.0 Å². The number of nitrogens with one attached hydrogen (secondary N) is 1. The van der Waals surface area contributed by atoms with Gasteiger partial charge in [0.2, 0.25) is 20.0 Å². The Labute approximate surface area is 142 Å². The monoisotopic (exact) mass is 378 g/mol. The third kappa shape index (κ3) is 4.45. The van der Waals surface area contributed by atoms with Crippen molar-refractivity contribution in [2.24, 2.45) is 5.92 Å². The molecule has 2 atom stereocenters. The van der Waals surface area contributed by atoms with Crippen LogP contribution in [0.25, 0.3) is 0 Å². The summed E-state index contributed by atoms with van der Waals surface area (Å²) in [6, 6.07) is 5.48. The fourth-order valence-corrected chi connectivity index (χ4v) is 4.84. The average molecular weight is 378 g/mol. The van der Waals surface area contributed by atoms with Crippen molar-refractivity contribution in [1.29, 1.82) is 0 Å². The van der Waals surface area contributed by atoms with Gasteiger partial charge in [-0.2, -0.15) is 0 Å². The molecule has 1 aliphatic heterocycles. The maximum atomic E-state index is 12.5. The van der Waals surface area contributed by atoms with Gasteiger partial charge >= 0.3 is 0 Å². The number of rotatable bonds is 7. The van der Waals surface area contributed by atoms with E-state index >= 15 is 0 Å². The lowest BCUT2D eigenvalue weighted by molar-refractivity contribution is 0.185. The van der Waals surface area contributed by atoms with Crippen molar-refractivity contribution in [2.75, 3.05) is 40.2 Å². The van der Waals surface area contributed by atoms with Crippen LogP contribution in [-0.4, -0.2) is 67.4 Å². The molecule has 0 aromatic heterocycles. The Bertz CT molecular complexity index is 776. The predicted octanol–water partition coefficient (Wildman–Crippen LogP) is -0.120. The minimum Gasteiger partial charge on any atom is -0.497 e. The van der Waals surface area contributed by atoms with E-state index in [1.165, 1.54) is 33.3 Å². The molecule has 1 saturated heterocycles. The highest BCUT2D eigenvalue weighted by atomic mass is 32.2. The van der Waals surface area contributed by atoms with Crippen molar-refractivity contribution in [3.8, 4) is 5.75 Å². The molecule has 0 saturated carbocycles. The summed E-state index contributed by atoms with van der Waals surface area (Å²) in [4.78, 5) is 0.0583. The number of benzene rings is 1. The largest absolute Gasteiger partial charge is 0.497 e. The third-order valence-electron chi connectivity index (χ3n) is 3.84. The first kappa shape index (κ1) is 19.1. The minimum atomic E-state index is -3.80. The Morgan fingerprint density at radius 3 is 2.58 bits per heavy atom. The van der Waals surface area contributed by atoms with Gasteiger partial charge in [-0.25, -0.2) is 25.9 Å². The van der Waals surface area contributed by atoms with Gasteiger partial charge < -0.3 is 9.47 Å². The summed E-state index contributed by atoms with van der Waals surface area (Å²) in [6.07, 6.45) is 0. The van der Waals surface area contributed by atoms with Gasteiger partial charge in [0.05, 0.1) is 37.0 Å². The van der Waals surface area contributed by atoms with Crippen LogP contribution in [0.4, 0.5) is 0 Å². The SMILES string of the molecule is COc1cccc(S(=O)(=O)N[C@@H]2COC[C@H]2CS(=O)(=O)N(C)C)c1. The van der Waals surface area contributed by atoms with Crippen LogP contribution in [-0.2, 0) is 24.8 Å². The second kappa shape index (κ2) is 7.36. The zero-order chi connectivity index (χ0) is 18.0. The highest BCUT2D eigenvalue weighted by Crippen LogP contribution is 2.21. The number of nitrogens with zero attached hydrogens (tertiary/aromatic N) is 1. The summed E-state index contributed by atoms with van der Waals surface area (Å²) < 4.78 is 63.1. The molecule has 10 heteroatoms. The van der Waals surface area contributed by atoms with Crippen molar-refractivity contribution in [1.82, 2.24) is 9.03 Å². The first-order chi connectivity index (χ1) is 11.2. The molecule has 136 valence electrons. The van der Waals surface area contributed by atoms with Crippen LogP contribution in [0.2, 0.25) is 0 Å². The van der Waals surface area contributed by atoms with Gasteiger partial charge in [0.25, 0.3) is 0 Å². The zero-order valence-corrected chi connectivity index (χ0v) is 15.4. The van der Waals surface area contributed by atoms with E-state index in [2.05, 4.69) is 4.72 Å². The van der Waals surface area contributed by atoms with Crippen LogP contribution in [0.5, 0.6) is 5.75 Å². The van der Waals surface area contributed by atoms with Crippen LogP contribution >= 0.6 is 0 Å². The van der Waals surface area contributed by atoms with Crippen molar-refractivity contribution in [3.05, 3.63) is 24.3 Å². The molecule has 8 nitrogen and oxygen atoms in total. The number of sulfonamides is 2. The lowest BCUT2D eigenvalue weighted by atomic mass is 10.1. The fourth-order valence-electron chi connectivity index (χ4n) is 2.35. The fraction of sp³-hybridized carbons (Fsp3) is 0.571. The molecule has 1 aliphatic rings. The maximum absolute atomic E-state index is 12.5. The average Bonchev–Trinajstić information content (AvgIpc) is 2.92. The molecule has 1 fully saturated rings. The summed E-state index contributed by atoms with van der Waals surface area (Å²) in [7, 11) is -2.91. The van der Waals surface area contributed by atoms with Crippen LogP contribution in [0.1, 0.15) is 0 Å². The van der Waals surface area contributed by atoms with Gasteiger partial charge in [-0.15, -0.1) is 0 Å². The van der Waals surface area contributed by atoms with Crippen LogP contribution in [0, 0.1) is 5.92 Å². The Hall–Kier alpha value is -1.20. The molecule has 0 spiro atoms. The first-order valence-electron chi connectivity index (χ1n) is 7.30. The van der Waals surface area contributed by atoms with Gasteiger partial charge in [-0.05, 0) is 12.1 Å². The van der Waals surface area contributed by atoms with Crippen LogP contribution < -0.4 is 9.46 Å². The van der Waals surface area contributed by atoms with Crippen LogP contribution in [0.15, 0.2) is 29.2 Å². The Balaban J connectivity index is 2.16. The van der Waals surface area contributed by atoms with Gasteiger partial charge in [0, 0.05) is 26.1 Å². The second-order valence-corrected chi connectivity index (χ2v) is 9.71. The summed E-state index contributed by atoms with van der Waals surface area (Å²) in [5.41, 5.74) is 0. The minimum absolute atomic E-state index is 0.0583. The van der Waals surface area contributed by atoms with E-state index in [4.69, 9.17) is 9.47 Å². The molecule has 0 unspecified atom stereocenters. The van der Waals surface area contributed by atoms with Crippen LogP contribution in [0.3, 0.4) is 0 Å². The van der Waals surface area contributed by atoms with Gasteiger partial charge in [-0.3, -0.25) is 0 Å². The first-order valence-corrected chi connectivity index (χ1v) is 10.4. The number of methoxy groups -OCH3 is 1. The molecule has 0 radical (unpaired) electrons. The van der Waals surface area contributed by atoms with E-state index in [9.17, 15) is 16.8 Å². The van der Waals surface area contributed by atoms with Gasteiger partial charge in [-0.1, -0.05) is 6.07 Å². The highest BCUT2D eigenvalue weighted by molar-refractivity contribution is 7.89. The highest BCUT2D eigenvalue weighted by Gasteiger charge is 2.36. The molecular weight excluding hydrogens is 356 g/mol. The second-order valence-electron chi connectivity index (χ2n) is 5.77. The molecule has 0 bridgehead atoms. The van der Waals surface area contributed by atoms with Gasteiger partial charge in [0.15, 0.2) is 0 Å². The summed E-state index contributed by atoms with van der Waals surface area (Å²) >= 11 is 0. The van der Waals surface area contributed by atoms with Crippen molar-refractivity contribution in [3.63, 3.8) is 0 Å². The van der Waals surface area contributed by atoms with E-state index in [1.54, 1.807) is 12.1 Å². The molecule has 24 heavy (non-hydrogen) atoms. The summed E-state index contributed by atoms with van der Waals surface area (Å²) in [6.45, 7) is 0.329. The normalized spacial score (nSPS) is 22.0. The standard InChI is InChI=1S/C14H22N2O6S2/c1-16(2)23(17,18)10-11-8-22-9-14(11)15-24(19,20)13-6-4-5-12(7-13)21-3/h4-7,11,14-15H,8-10H2,1-3H3/t11-,14+/m0/s1. The summed E-state index contributed by atoms with van der Waals surface area (Å²) in [5, 5.41) is 0. The van der Waals surface area contributed by atoms with E-state index in [-0.39, 0.29) is 23.9 Å². The third-order valence-corrected chi connectivity index (χ3v) is 7.29. The van der Waals surface area contributed by atoms with E-state index in [1.807, 2.05) is 0 Å². The van der Waals surface area contributed by atoms with E-state index in [0.29, 0.717) is 5.75 Å². The number of hydrogen-bond acceptors (Lipinski definition) is 6. The number of hydrogen-bond donors (Lipinski definition) is 1. The Morgan fingerprint density at radius 1 is 1.25 bits per heavy atom.